The summed E-state index contributed by atoms with van der Waals surface area (Å²) in [4.78, 5) is 20.7. The maximum Gasteiger partial charge on any atom is 0.433 e. The first-order chi connectivity index (χ1) is 14.1. The van der Waals surface area contributed by atoms with Gasteiger partial charge in [0.2, 0.25) is 0 Å². The number of rotatable bonds is 3. The zero-order chi connectivity index (χ0) is 23.4. The van der Waals surface area contributed by atoms with Gasteiger partial charge in [0.1, 0.15) is 27.6 Å². The lowest BCUT2D eigenvalue weighted by molar-refractivity contribution is -0.141. The second-order valence-electron chi connectivity index (χ2n) is 7.69. The molecule has 0 bridgehead atoms. The fraction of sp³-hybridized carbons (Fsp3) is 0.389. The van der Waals surface area contributed by atoms with E-state index in [1.54, 1.807) is 6.92 Å². The van der Waals surface area contributed by atoms with Gasteiger partial charge in [-0.3, -0.25) is 9.79 Å². The molecule has 1 atom stereocenters. The summed E-state index contributed by atoms with van der Waals surface area (Å²) < 4.78 is 62.6. The van der Waals surface area contributed by atoms with Gasteiger partial charge in [0.15, 0.2) is 9.84 Å². The SMILES string of the molecule is CC1(C)C(N)=N[C@](C)(c2sc(C(=O)Nc3cccc(C(F)(F)F)n3)cc2Cl)CS1(=O)=O. The van der Waals surface area contributed by atoms with E-state index in [0.29, 0.717) is 4.88 Å². The van der Waals surface area contributed by atoms with Crippen molar-refractivity contribution in [3.8, 4) is 0 Å². The van der Waals surface area contributed by atoms with E-state index in [0.717, 1.165) is 23.5 Å². The zero-order valence-corrected chi connectivity index (χ0v) is 18.9. The number of nitrogens with two attached hydrogens (primary N) is 1. The molecule has 168 valence electrons. The number of sulfone groups is 1. The quantitative estimate of drug-likeness (QED) is 0.672. The van der Waals surface area contributed by atoms with Gasteiger partial charge in [0.05, 0.1) is 20.5 Å². The first-order valence-electron chi connectivity index (χ1n) is 8.80. The van der Waals surface area contributed by atoms with E-state index < -0.39 is 37.9 Å². The monoisotopic (exact) mass is 494 g/mol. The largest absolute Gasteiger partial charge is 0.433 e. The maximum atomic E-state index is 12.8. The molecule has 3 rings (SSSR count). The molecule has 1 amide bonds. The molecule has 0 radical (unpaired) electrons. The molecule has 2 aromatic heterocycles. The van der Waals surface area contributed by atoms with Crippen LogP contribution >= 0.6 is 22.9 Å². The highest BCUT2D eigenvalue weighted by Crippen LogP contribution is 2.43. The second kappa shape index (κ2) is 7.45. The highest BCUT2D eigenvalue weighted by Gasteiger charge is 2.50. The van der Waals surface area contributed by atoms with Crippen molar-refractivity contribution in [2.75, 3.05) is 11.1 Å². The molecule has 0 aromatic carbocycles. The van der Waals surface area contributed by atoms with E-state index in [4.69, 9.17) is 17.3 Å². The van der Waals surface area contributed by atoms with Crippen molar-refractivity contribution in [2.24, 2.45) is 10.7 Å². The van der Waals surface area contributed by atoms with E-state index in [-0.39, 0.29) is 27.3 Å². The second-order valence-corrected chi connectivity index (χ2v) is 11.7. The van der Waals surface area contributed by atoms with Crippen LogP contribution in [0, 0.1) is 0 Å². The number of amidine groups is 1. The molecule has 2 aromatic rings. The third-order valence-electron chi connectivity index (χ3n) is 4.91. The van der Waals surface area contributed by atoms with Crippen LogP contribution in [0.2, 0.25) is 5.02 Å². The average molecular weight is 495 g/mol. The predicted octanol–water partition coefficient (Wildman–Crippen LogP) is 3.85. The molecule has 31 heavy (non-hydrogen) atoms. The van der Waals surface area contributed by atoms with E-state index in [1.807, 2.05) is 0 Å². The summed E-state index contributed by atoms with van der Waals surface area (Å²) in [5.74, 6) is -1.49. The first-order valence-corrected chi connectivity index (χ1v) is 11.6. The van der Waals surface area contributed by atoms with Gasteiger partial charge in [0, 0.05) is 0 Å². The summed E-state index contributed by atoms with van der Waals surface area (Å²) in [6.45, 7) is 4.45. The van der Waals surface area contributed by atoms with E-state index in [1.165, 1.54) is 26.0 Å². The number of hydrogen-bond acceptors (Lipinski definition) is 7. The number of anilines is 1. The Morgan fingerprint density at radius 1 is 1.29 bits per heavy atom. The van der Waals surface area contributed by atoms with Gasteiger partial charge < -0.3 is 11.1 Å². The molecule has 0 unspecified atom stereocenters. The van der Waals surface area contributed by atoms with Crippen LogP contribution in [-0.4, -0.2) is 35.6 Å². The van der Waals surface area contributed by atoms with Crippen LogP contribution in [0.15, 0.2) is 29.3 Å². The zero-order valence-electron chi connectivity index (χ0n) is 16.5. The molecule has 3 N–H and O–H groups in total. The predicted molar refractivity (Wildman–Crippen MR) is 113 cm³/mol. The average Bonchev–Trinajstić information content (AvgIpc) is 3.02. The van der Waals surface area contributed by atoms with Gasteiger partial charge in [-0.15, -0.1) is 11.3 Å². The molecule has 0 fully saturated rings. The fourth-order valence-corrected chi connectivity index (χ4v) is 6.24. The molecule has 3 heterocycles. The molecule has 0 saturated carbocycles. The molecule has 7 nitrogen and oxygen atoms in total. The summed E-state index contributed by atoms with van der Waals surface area (Å²) in [5, 5.41) is 2.39. The number of amides is 1. The summed E-state index contributed by atoms with van der Waals surface area (Å²) in [5.41, 5.74) is 3.46. The number of pyridine rings is 1. The van der Waals surface area contributed by atoms with Crippen molar-refractivity contribution in [1.29, 1.82) is 0 Å². The number of aliphatic imine (C=N–C) groups is 1. The van der Waals surface area contributed by atoms with Crippen LogP contribution in [0.3, 0.4) is 0 Å². The minimum absolute atomic E-state index is 0.0523. The van der Waals surface area contributed by atoms with Gasteiger partial charge in [-0.25, -0.2) is 13.4 Å². The van der Waals surface area contributed by atoms with Crippen molar-refractivity contribution < 1.29 is 26.4 Å². The number of halogens is 4. The molecule has 0 aliphatic carbocycles. The van der Waals surface area contributed by atoms with Crippen LogP contribution in [0.25, 0.3) is 0 Å². The number of carbonyl (C=O) groups excluding carboxylic acids is 1. The molecular formula is C18H18ClF3N4O3S2. The third-order valence-corrected chi connectivity index (χ3v) is 9.42. The number of nitrogens with one attached hydrogen (secondary N) is 1. The smallest absolute Gasteiger partial charge is 0.386 e. The lowest BCUT2D eigenvalue weighted by Crippen LogP contribution is -2.54. The van der Waals surface area contributed by atoms with Crippen molar-refractivity contribution in [1.82, 2.24) is 4.98 Å². The van der Waals surface area contributed by atoms with Crippen molar-refractivity contribution in [3.05, 3.63) is 44.7 Å². The van der Waals surface area contributed by atoms with Crippen LogP contribution in [0.4, 0.5) is 19.0 Å². The minimum atomic E-state index is -4.66. The number of carbonyl (C=O) groups is 1. The minimum Gasteiger partial charge on any atom is -0.386 e. The molecule has 1 aliphatic rings. The van der Waals surface area contributed by atoms with Crippen LogP contribution in [-0.2, 0) is 21.6 Å². The molecule has 1 aliphatic heterocycles. The lowest BCUT2D eigenvalue weighted by Gasteiger charge is -2.37. The lowest BCUT2D eigenvalue weighted by atomic mass is 10.0. The Bertz CT molecular complexity index is 1190. The van der Waals surface area contributed by atoms with Crippen LogP contribution in [0.1, 0.15) is 41.0 Å². The highest BCUT2D eigenvalue weighted by molar-refractivity contribution is 7.93. The summed E-state index contributed by atoms with van der Waals surface area (Å²) in [6.07, 6.45) is -4.66. The van der Waals surface area contributed by atoms with Crippen molar-refractivity contribution in [3.63, 3.8) is 0 Å². The van der Waals surface area contributed by atoms with Gasteiger partial charge >= 0.3 is 6.18 Å². The van der Waals surface area contributed by atoms with Gasteiger partial charge in [-0.05, 0) is 39.0 Å². The fourth-order valence-electron chi connectivity index (χ4n) is 2.95. The van der Waals surface area contributed by atoms with E-state index in [2.05, 4.69) is 15.3 Å². The van der Waals surface area contributed by atoms with Crippen LogP contribution < -0.4 is 11.1 Å². The summed E-state index contributed by atoms with van der Waals surface area (Å²) >= 11 is 7.16. The number of nitrogens with zero attached hydrogens (tertiary/aromatic N) is 2. The maximum absolute atomic E-state index is 12.8. The summed E-state index contributed by atoms with van der Waals surface area (Å²) in [6, 6.07) is 4.41. The highest BCUT2D eigenvalue weighted by atomic mass is 35.5. The topological polar surface area (TPSA) is 115 Å². The number of alkyl halides is 3. The summed E-state index contributed by atoms with van der Waals surface area (Å²) in [7, 11) is -3.69. The Kier molecular flexibility index (Phi) is 5.64. The molecule has 13 heteroatoms. The number of hydrogen-bond donors (Lipinski definition) is 2. The Labute approximate surface area is 185 Å². The van der Waals surface area contributed by atoms with Crippen LogP contribution in [0.5, 0.6) is 0 Å². The van der Waals surface area contributed by atoms with Crippen molar-refractivity contribution >= 4 is 50.3 Å². The Hall–Kier alpha value is -2.18. The Morgan fingerprint density at radius 2 is 1.94 bits per heavy atom. The normalized spacial score (nSPS) is 22.6. The first kappa shape index (κ1) is 23.5. The Morgan fingerprint density at radius 3 is 2.52 bits per heavy atom. The molecule has 0 spiro atoms. The molecular weight excluding hydrogens is 477 g/mol. The third kappa shape index (κ3) is 4.28. The number of thiophene rings is 1. The van der Waals surface area contributed by atoms with Gasteiger partial charge in [-0.2, -0.15) is 13.2 Å². The number of aromatic nitrogens is 1. The standard InChI is InChI=1S/C18H18ClF3N4O3S2/c1-16(2)15(23)26-17(3,8-31(16,28)29)13-9(19)7-10(30-13)14(27)25-12-6-4-5-11(24-12)18(20,21)22/h4-7H,8H2,1-3H3,(H2,23,26)(H,24,25,27)/t17-/m0/s1. The van der Waals surface area contributed by atoms with Gasteiger partial charge in [0.25, 0.3) is 5.91 Å². The van der Waals surface area contributed by atoms with E-state index in [9.17, 15) is 26.4 Å². The molecule has 0 saturated heterocycles. The Balaban J connectivity index is 1.93. The van der Waals surface area contributed by atoms with E-state index >= 15 is 0 Å². The van der Waals surface area contributed by atoms with Crippen molar-refractivity contribution in [2.45, 2.75) is 37.2 Å². The van der Waals surface area contributed by atoms with Gasteiger partial charge in [-0.1, -0.05) is 17.7 Å².